The Labute approximate surface area is 192 Å². The number of anilines is 1. The van der Waals surface area contributed by atoms with Crippen molar-refractivity contribution in [3.05, 3.63) is 85.2 Å². The number of hydrogen-bond acceptors (Lipinski definition) is 5. The Morgan fingerprint density at radius 2 is 1.90 bits per heavy atom. The topological polar surface area (TPSA) is 76.9 Å². The Morgan fingerprint density at radius 3 is 2.65 bits per heavy atom. The molecule has 0 atom stereocenters. The minimum Gasteiger partial charge on any atom is -0.296 e. The standard InChI is InChI=1S/C22H18Cl2N4O2S/c1-12(2)28-21(30)17-6-4-3-5-16(17)19(27-28)20(29)26-22-25-11-15(31-22)10-13-9-14(23)7-8-18(13)24/h3-9,11-12H,10H2,1-2H3,(H,25,26,29). The largest absolute Gasteiger partial charge is 0.296 e. The summed E-state index contributed by atoms with van der Waals surface area (Å²) >= 11 is 13.6. The van der Waals surface area contributed by atoms with Gasteiger partial charge in [0, 0.05) is 32.9 Å². The average Bonchev–Trinajstić information content (AvgIpc) is 3.17. The summed E-state index contributed by atoms with van der Waals surface area (Å²) in [6.45, 7) is 3.69. The van der Waals surface area contributed by atoms with Gasteiger partial charge in [0.25, 0.3) is 11.5 Å². The highest BCUT2D eigenvalue weighted by molar-refractivity contribution is 7.15. The number of nitrogens with one attached hydrogen (secondary N) is 1. The summed E-state index contributed by atoms with van der Waals surface area (Å²) in [5.74, 6) is -0.424. The van der Waals surface area contributed by atoms with Gasteiger partial charge >= 0.3 is 0 Å². The van der Waals surface area contributed by atoms with Crippen LogP contribution in [0.1, 0.15) is 40.8 Å². The number of fused-ring (bicyclic) bond motifs is 1. The summed E-state index contributed by atoms with van der Waals surface area (Å²) in [5, 5.41) is 9.75. The zero-order chi connectivity index (χ0) is 22.1. The molecule has 0 saturated carbocycles. The van der Waals surface area contributed by atoms with E-state index in [0.717, 1.165) is 10.4 Å². The van der Waals surface area contributed by atoms with Crippen molar-refractivity contribution >= 4 is 56.3 Å². The molecule has 1 N–H and O–H groups in total. The van der Waals surface area contributed by atoms with E-state index < -0.39 is 5.91 Å². The number of rotatable bonds is 5. The Kier molecular flexibility index (Phi) is 6.09. The third-order valence-electron chi connectivity index (χ3n) is 4.68. The minimum absolute atomic E-state index is 0.179. The summed E-state index contributed by atoms with van der Waals surface area (Å²) in [4.78, 5) is 30.9. The molecule has 0 unspecified atom stereocenters. The Bertz CT molecular complexity index is 1350. The van der Waals surface area contributed by atoms with Gasteiger partial charge in [-0.3, -0.25) is 14.9 Å². The first-order chi connectivity index (χ1) is 14.8. The van der Waals surface area contributed by atoms with Gasteiger partial charge in [-0.2, -0.15) is 5.10 Å². The van der Waals surface area contributed by atoms with Gasteiger partial charge in [-0.15, -0.1) is 11.3 Å². The van der Waals surface area contributed by atoms with Crippen LogP contribution < -0.4 is 10.9 Å². The molecule has 0 aliphatic rings. The van der Waals surface area contributed by atoms with E-state index in [2.05, 4.69) is 15.4 Å². The molecule has 0 fully saturated rings. The highest BCUT2D eigenvalue weighted by atomic mass is 35.5. The zero-order valence-electron chi connectivity index (χ0n) is 16.7. The first-order valence-corrected chi connectivity index (χ1v) is 11.1. The van der Waals surface area contributed by atoms with Crippen LogP contribution in [-0.2, 0) is 6.42 Å². The van der Waals surface area contributed by atoms with E-state index in [-0.39, 0.29) is 17.3 Å². The quantitative estimate of drug-likeness (QED) is 0.410. The zero-order valence-corrected chi connectivity index (χ0v) is 19.1. The molecule has 31 heavy (non-hydrogen) atoms. The van der Waals surface area contributed by atoms with Crippen LogP contribution in [0.4, 0.5) is 5.13 Å². The van der Waals surface area contributed by atoms with Crippen molar-refractivity contribution in [2.45, 2.75) is 26.3 Å². The number of carbonyl (C=O) groups is 1. The molecule has 0 saturated heterocycles. The highest BCUT2D eigenvalue weighted by Gasteiger charge is 2.19. The molecule has 0 aliphatic carbocycles. The van der Waals surface area contributed by atoms with E-state index in [0.29, 0.717) is 32.4 Å². The Balaban J connectivity index is 1.62. The van der Waals surface area contributed by atoms with Crippen molar-refractivity contribution in [1.29, 1.82) is 0 Å². The van der Waals surface area contributed by atoms with Crippen molar-refractivity contribution in [3.63, 3.8) is 0 Å². The van der Waals surface area contributed by atoms with Gasteiger partial charge < -0.3 is 0 Å². The smallest absolute Gasteiger partial charge is 0.278 e. The lowest BCUT2D eigenvalue weighted by Gasteiger charge is -2.12. The number of thiazole rings is 1. The van der Waals surface area contributed by atoms with Gasteiger partial charge in [-0.1, -0.05) is 41.4 Å². The molecule has 2 heterocycles. The maximum Gasteiger partial charge on any atom is 0.278 e. The molecule has 0 aliphatic heterocycles. The van der Waals surface area contributed by atoms with Gasteiger partial charge in [0.15, 0.2) is 10.8 Å². The van der Waals surface area contributed by atoms with Crippen LogP contribution in [-0.4, -0.2) is 20.7 Å². The number of aromatic nitrogens is 3. The van der Waals surface area contributed by atoms with Gasteiger partial charge in [0.05, 0.1) is 11.4 Å². The van der Waals surface area contributed by atoms with Crippen molar-refractivity contribution in [3.8, 4) is 0 Å². The number of halogens is 2. The normalized spacial score (nSPS) is 11.3. The maximum absolute atomic E-state index is 13.0. The van der Waals surface area contributed by atoms with Crippen LogP contribution in [0.3, 0.4) is 0 Å². The second kappa shape index (κ2) is 8.78. The predicted octanol–water partition coefficient (Wildman–Crippen LogP) is 5.58. The van der Waals surface area contributed by atoms with Crippen LogP contribution in [0.5, 0.6) is 0 Å². The predicted molar refractivity (Wildman–Crippen MR) is 126 cm³/mol. The summed E-state index contributed by atoms with van der Waals surface area (Å²) in [5.41, 5.74) is 0.836. The number of hydrogen-bond donors (Lipinski definition) is 1. The molecule has 2 aromatic carbocycles. The molecular weight excluding hydrogens is 455 g/mol. The third kappa shape index (κ3) is 4.49. The maximum atomic E-state index is 13.0. The van der Waals surface area contributed by atoms with E-state index in [1.165, 1.54) is 16.0 Å². The van der Waals surface area contributed by atoms with Crippen molar-refractivity contribution in [2.75, 3.05) is 5.32 Å². The molecule has 0 radical (unpaired) electrons. The molecule has 0 spiro atoms. The lowest BCUT2D eigenvalue weighted by atomic mass is 10.1. The van der Waals surface area contributed by atoms with Crippen LogP contribution >= 0.6 is 34.5 Å². The van der Waals surface area contributed by atoms with Crippen LogP contribution in [0.15, 0.2) is 53.5 Å². The van der Waals surface area contributed by atoms with E-state index in [1.54, 1.807) is 42.6 Å². The van der Waals surface area contributed by atoms with E-state index >= 15 is 0 Å². The number of nitrogens with zero attached hydrogens (tertiary/aromatic N) is 3. The molecule has 158 valence electrons. The minimum atomic E-state index is -0.424. The molecule has 4 aromatic rings. The fourth-order valence-corrected chi connectivity index (χ4v) is 4.40. The molecule has 2 aromatic heterocycles. The molecule has 1 amide bonds. The van der Waals surface area contributed by atoms with Crippen LogP contribution in [0, 0.1) is 0 Å². The Morgan fingerprint density at radius 1 is 1.16 bits per heavy atom. The summed E-state index contributed by atoms with van der Waals surface area (Å²) in [7, 11) is 0. The molecule has 9 heteroatoms. The van der Waals surface area contributed by atoms with Crippen LogP contribution in [0.2, 0.25) is 10.0 Å². The first kappa shape index (κ1) is 21.5. The first-order valence-electron chi connectivity index (χ1n) is 9.55. The lowest BCUT2D eigenvalue weighted by Crippen LogP contribution is -2.28. The second-order valence-electron chi connectivity index (χ2n) is 7.24. The van der Waals surface area contributed by atoms with Crippen molar-refractivity contribution in [1.82, 2.24) is 14.8 Å². The van der Waals surface area contributed by atoms with E-state index in [9.17, 15) is 9.59 Å². The Hall–Kier alpha value is -2.74. The monoisotopic (exact) mass is 472 g/mol. The fraction of sp³-hybridized carbons (Fsp3) is 0.182. The highest BCUT2D eigenvalue weighted by Crippen LogP contribution is 2.27. The van der Waals surface area contributed by atoms with Crippen molar-refractivity contribution in [2.24, 2.45) is 0 Å². The summed E-state index contributed by atoms with van der Waals surface area (Å²) in [6, 6.07) is 12.1. The molecular formula is C22H18Cl2N4O2S. The summed E-state index contributed by atoms with van der Waals surface area (Å²) < 4.78 is 1.33. The SMILES string of the molecule is CC(C)n1nc(C(=O)Nc2ncc(Cc3cc(Cl)ccc3Cl)s2)c2ccccc2c1=O. The van der Waals surface area contributed by atoms with Gasteiger partial charge in [-0.05, 0) is 43.7 Å². The number of benzene rings is 2. The summed E-state index contributed by atoms with van der Waals surface area (Å²) in [6.07, 6.45) is 2.24. The molecule has 4 rings (SSSR count). The second-order valence-corrected chi connectivity index (χ2v) is 9.19. The molecule has 0 bridgehead atoms. The third-order valence-corrected chi connectivity index (χ3v) is 6.20. The van der Waals surface area contributed by atoms with Gasteiger partial charge in [0.2, 0.25) is 0 Å². The number of amides is 1. The fourth-order valence-electron chi connectivity index (χ4n) is 3.19. The van der Waals surface area contributed by atoms with Gasteiger partial charge in [-0.25, -0.2) is 9.67 Å². The average molecular weight is 473 g/mol. The lowest BCUT2D eigenvalue weighted by molar-refractivity contribution is 0.102. The van der Waals surface area contributed by atoms with E-state index in [4.69, 9.17) is 23.2 Å². The molecule has 6 nitrogen and oxygen atoms in total. The van der Waals surface area contributed by atoms with Crippen LogP contribution in [0.25, 0.3) is 10.8 Å². The van der Waals surface area contributed by atoms with Gasteiger partial charge in [0.1, 0.15) is 0 Å². The van der Waals surface area contributed by atoms with Crippen molar-refractivity contribution < 1.29 is 4.79 Å². The number of carbonyl (C=O) groups excluding carboxylic acids is 1. The van der Waals surface area contributed by atoms with E-state index in [1.807, 2.05) is 19.9 Å².